The standard InChI is InChI=1S/C12H6N4O4/c17-5-13-4-10-2-1-9(3-11(10)14-6-18)12(15-7-19)16-8-20/h1-3,12H,4H2. The average Bonchev–Trinajstić information content (AvgIpc) is 2.46. The van der Waals surface area contributed by atoms with Gasteiger partial charge in [-0.25, -0.2) is 24.2 Å². The Morgan fingerprint density at radius 1 is 0.950 bits per heavy atom. The van der Waals surface area contributed by atoms with Crippen molar-refractivity contribution in [2.45, 2.75) is 12.7 Å². The second-order valence-corrected chi connectivity index (χ2v) is 3.31. The van der Waals surface area contributed by atoms with E-state index in [1.807, 2.05) is 0 Å². The topological polar surface area (TPSA) is 118 Å². The SMILES string of the molecule is O=C=NCc1ccc(C(N=C=O)N=C=O)cc1N=C=O. The normalized spacial score (nSPS) is 10.0. The molecule has 0 spiro atoms. The lowest BCUT2D eigenvalue weighted by Crippen LogP contribution is -1.93. The van der Waals surface area contributed by atoms with E-state index in [0.717, 1.165) is 0 Å². The van der Waals surface area contributed by atoms with Gasteiger partial charge in [0.05, 0.1) is 12.2 Å². The van der Waals surface area contributed by atoms with Gasteiger partial charge >= 0.3 is 0 Å². The van der Waals surface area contributed by atoms with Gasteiger partial charge in [0, 0.05) is 11.1 Å². The molecule has 0 radical (unpaired) electrons. The molecular weight excluding hydrogens is 264 g/mol. The van der Waals surface area contributed by atoms with E-state index in [4.69, 9.17) is 0 Å². The summed E-state index contributed by atoms with van der Waals surface area (Å²) >= 11 is 0. The minimum Gasteiger partial charge on any atom is -0.211 e. The molecule has 0 N–H and O–H groups in total. The van der Waals surface area contributed by atoms with Crippen LogP contribution >= 0.6 is 0 Å². The van der Waals surface area contributed by atoms with Gasteiger partial charge in [0.25, 0.3) is 0 Å². The van der Waals surface area contributed by atoms with Gasteiger partial charge in [-0.05, 0) is 6.07 Å². The molecule has 0 aliphatic rings. The molecule has 0 aliphatic heterocycles. The zero-order chi connectivity index (χ0) is 14.8. The van der Waals surface area contributed by atoms with E-state index >= 15 is 0 Å². The fourth-order valence-corrected chi connectivity index (χ4v) is 1.42. The highest BCUT2D eigenvalue weighted by molar-refractivity contribution is 5.56. The summed E-state index contributed by atoms with van der Waals surface area (Å²) in [4.78, 5) is 54.4. The van der Waals surface area contributed by atoms with Crippen molar-refractivity contribution in [3.8, 4) is 0 Å². The first kappa shape index (κ1) is 14.8. The summed E-state index contributed by atoms with van der Waals surface area (Å²) in [6.45, 7) is -0.0249. The first-order valence-electron chi connectivity index (χ1n) is 5.15. The molecule has 1 rings (SSSR count). The van der Waals surface area contributed by atoms with Crippen molar-refractivity contribution in [3.63, 3.8) is 0 Å². The predicted octanol–water partition coefficient (Wildman–Crippen LogP) is 1.16. The van der Waals surface area contributed by atoms with Crippen LogP contribution in [0.15, 0.2) is 38.2 Å². The fourth-order valence-electron chi connectivity index (χ4n) is 1.42. The molecule has 8 heteroatoms. The summed E-state index contributed by atoms with van der Waals surface area (Å²) in [6.07, 6.45) is 4.14. The monoisotopic (exact) mass is 270 g/mol. The van der Waals surface area contributed by atoms with E-state index < -0.39 is 6.17 Å². The first-order valence-corrected chi connectivity index (χ1v) is 5.15. The van der Waals surface area contributed by atoms with E-state index in [2.05, 4.69) is 20.0 Å². The highest BCUT2D eigenvalue weighted by Gasteiger charge is 2.11. The van der Waals surface area contributed by atoms with Crippen LogP contribution < -0.4 is 0 Å². The van der Waals surface area contributed by atoms with Gasteiger partial charge < -0.3 is 0 Å². The summed E-state index contributed by atoms with van der Waals surface area (Å²) in [5.41, 5.74) is 0.956. The van der Waals surface area contributed by atoms with Gasteiger partial charge in [-0.1, -0.05) is 12.1 Å². The molecule has 0 aromatic heterocycles. The first-order chi connectivity index (χ1) is 9.76. The molecule has 98 valence electrons. The second kappa shape index (κ2) is 7.95. The van der Waals surface area contributed by atoms with Crippen LogP contribution in [0.2, 0.25) is 0 Å². The zero-order valence-corrected chi connectivity index (χ0v) is 9.94. The largest absolute Gasteiger partial charge is 0.240 e. The molecule has 0 fully saturated rings. The van der Waals surface area contributed by atoms with Crippen molar-refractivity contribution >= 4 is 30.0 Å². The molecule has 0 unspecified atom stereocenters. The lowest BCUT2D eigenvalue weighted by atomic mass is 10.1. The molecular formula is C12H6N4O4. The van der Waals surface area contributed by atoms with Gasteiger partial charge in [0.15, 0.2) is 6.17 Å². The maximum Gasteiger partial charge on any atom is 0.240 e. The number of isocyanates is 4. The molecule has 1 aromatic rings. The molecule has 0 aliphatic carbocycles. The third kappa shape index (κ3) is 3.89. The van der Waals surface area contributed by atoms with E-state index in [9.17, 15) is 19.2 Å². The number of rotatable bonds is 6. The molecule has 0 heterocycles. The molecule has 0 saturated carbocycles. The van der Waals surface area contributed by atoms with Crippen LogP contribution in [-0.2, 0) is 25.7 Å². The average molecular weight is 270 g/mol. The number of hydrogen-bond donors (Lipinski definition) is 0. The quantitative estimate of drug-likeness (QED) is 0.569. The van der Waals surface area contributed by atoms with Gasteiger partial charge in [0.1, 0.15) is 0 Å². The van der Waals surface area contributed by atoms with Crippen molar-refractivity contribution in [1.82, 2.24) is 0 Å². The highest BCUT2D eigenvalue weighted by atomic mass is 16.1. The summed E-state index contributed by atoms with van der Waals surface area (Å²) in [6, 6.07) is 4.36. The maximum absolute atomic E-state index is 10.4. The molecule has 20 heavy (non-hydrogen) atoms. The molecule has 0 bridgehead atoms. The van der Waals surface area contributed by atoms with Gasteiger partial charge in [0.2, 0.25) is 24.3 Å². The van der Waals surface area contributed by atoms with Crippen LogP contribution in [0.4, 0.5) is 5.69 Å². The Labute approximate surface area is 112 Å². The van der Waals surface area contributed by atoms with Crippen molar-refractivity contribution in [1.29, 1.82) is 0 Å². The number of carbonyl (C=O) groups excluding carboxylic acids is 4. The Balaban J connectivity index is 3.33. The van der Waals surface area contributed by atoms with E-state index in [1.165, 1.54) is 42.5 Å². The van der Waals surface area contributed by atoms with E-state index in [1.54, 1.807) is 0 Å². The van der Waals surface area contributed by atoms with Crippen molar-refractivity contribution in [2.24, 2.45) is 20.0 Å². The summed E-state index contributed by atoms with van der Waals surface area (Å²) in [7, 11) is 0. The van der Waals surface area contributed by atoms with Crippen LogP contribution in [-0.4, -0.2) is 24.3 Å². The zero-order valence-electron chi connectivity index (χ0n) is 9.94. The molecule has 1 aromatic carbocycles. The Bertz CT molecular complexity index is 671. The Morgan fingerprint density at radius 3 is 2.20 bits per heavy atom. The van der Waals surface area contributed by atoms with Crippen LogP contribution in [0.25, 0.3) is 0 Å². The van der Waals surface area contributed by atoms with Crippen LogP contribution in [0.5, 0.6) is 0 Å². The molecule has 0 atom stereocenters. The Kier molecular flexibility index (Phi) is 5.88. The summed E-state index contributed by atoms with van der Waals surface area (Å²) < 4.78 is 0. The summed E-state index contributed by atoms with van der Waals surface area (Å²) in [5.74, 6) is 0. The van der Waals surface area contributed by atoms with Gasteiger partial charge in [-0.2, -0.15) is 15.0 Å². The van der Waals surface area contributed by atoms with Crippen LogP contribution in [0, 0.1) is 0 Å². The fraction of sp³-hybridized carbons (Fsp3) is 0.167. The van der Waals surface area contributed by atoms with Crippen molar-refractivity contribution in [2.75, 3.05) is 0 Å². The minimum absolute atomic E-state index is 0.0249. The lowest BCUT2D eigenvalue weighted by molar-refractivity contribution is 0.551. The smallest absolute Gasteiger partial charge is 0.211 e. The highest BCUT2D eigenvalue weighted by Crippen LogP contribution is 2.27. The Hall–Kier alpha value is -3.26. The van der Waals surface area contributed by atoms with Crippen LogP contribution in [0.3, 0.4) is 0 Å². The summed E-state index contributed by atoms with van der Waals surface area (Å²) in [5, 5.41) is 0. The molecule has 0 amide bonds. The minimum atomic E-state index is -1.12. The predicted molar refractivity (Wildman–Crippen MR) is 65.0 cm³/mol. The van der Waals surface area contributed by atoms with Crippen molar-refractivity contribution < 1.29 is 19.2 Å². The second-order valence-electron chi connectivity index (χ2n) is 3.31. The number of benzene rings is 1. The van der Waals surface area contributed by atoms with Crippen molar-refractivity contribution in [3.05, 3.63) is 29.3 Å². The third-order valence-electron chi connectivity index (χ3n) is 2.24. The van der Waals surface area contributed by atoms with E-state index in [0.29, 0.717) is 11.1 Å². The Morgan fingerprint density at radius 2 is 1.65 bits per heavy atom. The van der Waals surface area contributed by atoms with Gasteiger partial charge in [-0.3, -0.25) is 0 Å². The molecule has 0 saturated heterocycles. The number of aliphatic imine (C=N–C) groups is 4. The van der Waals surface area contributed by atoms with Gasteiger partial charge in [-0.15, -0.1) is 0 Å². The maximum atomic E-state index is 10.4. The van der Waals surface area contributed by atoms with E-state index in [-0.39, 0.29) is 12.2 Å². The number of hydrogen-bond acceptors (Lipinski definition) is 8. The third-order valence-corrected chi connectivity index (χ3v) is 2.24. The molecule has 8 nitrogen and oxygen atoms in total. The van der Waals surface area contributed by atoms with Crippen LogP contribution in [0.1, 0.15) is 17.3 Å². The number of nitrogens with zero attached hydrogens (tertiary/aromatic N) is 4. The lowest BCUT2D eigenvalue weighted by Gasteiger charge is -2.07.